The number of amides is 3. The zero-order valence-corrected chi connectivity index (χ0v) is 22.7. The SMILES string of the molecule is CC(C)[C@H](C(=O)OCC(=O)Nc1ccc(Br)c(Cl)c1)N1C(=O)c2c(Cl)c(Cl)c(Cl)c(Cl)c2C1=O. The predicted octanol–water partition coefficient (Wildman–Crippen LogP) is 6.52. The smallest absolute Gasteiger partial charge is 0.330 e. The molecular weight excluding hydrogens is 617 g/mol. The number of nitrogens with zero attached hydrogens (tertiary/aromatic N) is 1. The number of carbonyl (C=O) groups excluding carboxylic acids is 4. The largest absolute Gasteiger partial charge is 0.454 e. The van der Waals surface area contributed by atoms with Crippen LogP contribution in [0.4, 0.5) is 5.69 Å². The van der Waals surface area contributed by atoms with Crippen molar-refractivity contribution in [3.8, 4) is 0 Å². The van der Waals surface area contributed by atoms with Gasteiger partial charge in [0.1, 0.15) is 6.04 Å². The Balaban J connectivity index is 1.80. The van der Waals surface area contributed by atoms with Gasteiger partial charge in [-0.1, -0.05) is 71.9 Å². The Morgan fingerprint density at radius 1 is 0.971 bits per heavy atom. The molecule has 0 bridgehead atoms. The van der Waals surface area contributed by atoms with Crippen LogP contribution in [0.3, 0.4) is 0 Å². The lowest BCUT2D eigenvalue weighted by Crippen LogP contribution is -2.49. The van der Waals surface area contributed by atoms with Crippen molar-refractivity contribution in [3.05, 3.63) is 58.9 Å². The van der Waals surface area contributed by atoms with Crippen molar-refractivity contribution in [3.63, 3.8) is 0 Å². The number of imide groups is 1. The number of benzene rings is 2. The van der Waals surface area contributed by atoms with Gasteiger partial charge >= 0.3 is 5.97 Å². The molecule has 0 aromatic heterocycles. The van der Waals surface area contributed by atoms with Gasteiger partial charge in [-0.15, -0.1) is 0 Å². The average molecular weight is 632 g/mol. The number of halogens is 6. The Morgan fingerprint density at radius 2 is 1.50 bits per heavy atom. The van der Waals surface area contributed by atoms with E-state index in [1.165, 1.54) is 6.07 Å². The Hall–Kier alpha value is -1.55. The molecule has 180 valence electrons. The maximum absolute atomic E-state index is 13.1. The van der Waals surface area contributed by atoms with E-state index < -0.39 is 42.3 Å². The predicted molar refractivity (Wildman–Crippen MR) is 134 cm³/mol. The van der Waals surface area contributed by atoms with Crippen LogP contribution >= 0.6 is 73.9 Å². The number of hydrogen-bond acceptors (Lipinski definition) is 5. The van der Waals surface area contributed by atoms with Crippen molar-refractivity contribution in [2.45, 2.75) is 19.9 Å². The molecule has 0 unspecified atom stereocenters. The molecule has 13 heteroatoms. The van der Waals surface area contributed by atoms with Crippen LogP contribution in [0.5, 0.6) is 0 Å². The molecule has 34 heavy (non-hydrogen) atoms. The quantitative estimate of drug-likeness (QED) is 0.170. The van der Waals surface area contributed by atoms with Gasteiger partial charge in [-0.25, -0.2) is 4.79 Å². The molecule has 1 heterocycles. The summed E-state index contributed by atoms with van der Waals surface area (Å²) in [6.45, 7) is 2.53. The molecule has 3 rings (SSSR count). The molecule has 2 aromatic carbocycles. The van der Waals surface area contributed by atoms with Gasteiger partial charge in [-0.05, 0) is 40.0 Å². The highest BCUT2D eigenvalue weighted by Gasteiger charge is 2.48. The molecule has 0 saturated heterocycles. The van der Waals surface area contributed by atoms with Gasteiger partial charge in [0.2, 0.25) is 0 Å². The van der Waals surface area contributed by atoms with Crippen molar-refractivity contribution in [2.75, 3.05) is 11.9 Å². The van der Waals surface area contributed by atoms with Crippen LogP contribution in [0.25, 0.3) is 0 Å². The van der Waals surface area contributed by atoms with Crippen LogP contribution in [0.2, 0.25) is 25.1 Å². The first kappa shape index (κ1) is 27.0. The first-order valence-corrected chi connectivity index (χ1v) is 12.2. The molecule has 1 atom stereocenters. The second-order valence-electron chi connectivity index (χ2n) is 7.46. The number of nitrogens with one attached hydrogen (secondary N) is 1. The van der Waals surface area contributed by atoms with Crippen molar-refractivity contribution in [1.29, 1.82) is 0 Å². The minimum Gasteiger partial charge on any atom is -0.454 e. The van der Waals surface area contributed by atoms with E-state index in [1.54, 1.807) is 26.0 Å². The van der Waals surface area contributed by atoms with Gasteiger partial charge < -0.3 is 10.1 Å². The Labute approximate surface area is 227 Å². The van der Waals surface area contributed by atoms with E-state index in [0.29, 0.717) is 20.1 Å². The van der Waals surface area contributed by atoms with Crippen LogP contribution < -0.4 is 5.32 Å². The fraction of sp³-hybridized carbons (Fsp3) is 0.238. The van der Waals surface area contributed by atoms with E-state index in [-0.39, 0.29) is 31.2 Å². The fourth-order valence-electron chi connectivity index (χ4n) is 3.29. The molecule has 0 saturated carbocycles. The molecule has 1 aliphatic rings. The van der Waals surface area contributed by atoms with Crippen molar-refractivity contribution >= 4 is 103 Å². The summed E-state index contributed by atoms with van der Waals surface area (Å²) in [7, 11) is 0. The topological polar surface area (TPSA) is 92.8 Å². The van der Waals surface area contributed by atoms with Gasteiger partial charge in [-0.2, -0.15) is 0 Å². The lowest BCUT2D eigenvalue weighted by atomic mass is 10.0. The summed E-state index contributed by atoms with van der Waals surface area (Å²) in [5.41, 5.74) is -0.128. The van der Waals surface area contributed by atoms with Crippen molar-refractivity contribution in [1.82, 2.24) is 4.90 Å². The van der Waals surface area contributed by atoms with Crippen molar-refractivity contribution < 1.29 is 23.9 Å². The average Bonchev–Trinajstić information content (AvgIpc) is 3.02. The van der Waals surface area contributed by atoms with Crippen molar-refractivity contribution in [2.24, 2.45) is 5.92 Å². The highest BCUT2D eigenvalue weighted by Crippen LogP contribution is 2.45. The lowest BCUT2D eigenvalue weighted by Gasteiger charge is -2.27. The fourth-order valence-corrected chi connectivity index (χ4v) is 4.73. The van der Waals surface area contributed by atoms with Crippen LogP contribution in [0.1, 0.15) is 34.6 Å². The van der Waals surface area contributed by atoms with Gasteiger partial charge in [0.05, 0.1) is 36.2 Å². The van der Waals surface area contributed by atoms with Gasteiger partial charge in [0.15, 0.2) is 6.61 Å². The summed E-state index contributed by atoms with van der Waals surface area (Å²) < 4.78 is 5.75. The summed E-state index contributed by atoms with van der Waals surface area (Å²) in [5, 5.41) is 2.01. The molecule has 1 aliphatic heterocycles. The lowest BCUT2D eigenvalue weighted by molar-refractivity contribution is -0.152. The van der Waals surface area contributed by atoms with Crippen LogP contribution in [-0.2, 0) is 14.3 Å². The first-order chi connectivity index (χ1) is 15.9. The van der Waals surface area contributed by atoms with Gasteiger partial charge in [0.25, 0.3) is 17.7 Å². The zero-order chi connectivity index (χ0) is 25.5. The van der Waals surface area contributed by atoms with E-state index in [2.05, 4.69) is 21.2 Å². The maximum atomic E-state index is 13.1. The van der Waals surface area contributed by atoms with Gasteiger partial charge in [-0.3, -0.25) is 19.3 Å². The molecular formula is C21H14BrCl5N2O5. The van der Waals surface area contributed by atoms with E-state index >= 15 is 0 Å². The number of carbonyl (C=O) groups is 4. The number of fused-ring (bicyclic) bond motifs is 1. The molecule has 0 radical (unpaired) electrons. The van der Waals surface area contributed by atoms with Gasteiger partial charge in [0, 0.05) is 10.2 Å². The molecule has 2 aromatic rings. The van der Waals surface area contributed by atoms with E-state index in [1.807, 2.05) is 0 Å². The molecule has 3 amide bonds. The Bertz CT molecular complexity index is 1190. The third-order valence-corrected chi connectivity index (χ3v) is 7.87. The third kappa shape index (κ3) is 5.03. The van der Waals surface area contributed by atoms with Crippen LogP contribution in [-0.4, -0.2) is 41.2 Å². The molecule has 0 spiro atoms. The van der Waals surface area contributed by atoms with Crippen LogP contribution in [0, 0.1) is 5.92 Å². The standard InChI is InChI=1S/C21H14BrCl5N2O5/c1-7(2)18(21(33)34-6-11(30)28-8-3-4-9(22)10(23)5-8)29-19(31)12-13(20(29)32)15(25)17(27)16(26)14(12)24/h3-5,7,18H,6H2,1-2H3,(H,28,30)/t18-/m1/s1. The highest BCUT2D eigenvalue weighted by molar-refractivity contribution is 9.10. The minimum atomic E-state index is -1.37. The summed E-state index contributed by atoms with van der Waals surface area (Å²) in [6.07, 6.45) is 0. The Kier molecular flexibility index (Phi) is 8.43. The van der Waals surface area contributed by atoms with E-state index in [4.69, 9.17) is 62.7 Å². The Morgan fingerprint density at radius 3 is 1.97 bits per heavy atom. The maximum Gasteiger partial charge on any atom is 0.330 e. The number of esters is 1. The highest BCUT2D eigenvalue weighted by atomic mass is 79.9. The monoisotopic (exact) mass is 628 g/mol. The molecule has 7 nitrogen and oxygen atoms in total. The second kappa shape index (κ2) is 10.6. The van der Waals surface area contributed by atoms with E-state index in [0.717, 1.165) is 0 Å². The normalized spacial score (nSPS) is 13.9. The summed E-state index contributed by atoms with van der Waals surface area (Å²) in [6, 6.07) is 3.36. The first-order valence-electron chi connectivity index (χ1n) is 9.52. The zero-order valence-electron chi connectivity index (χ0n) is 17.4. The molecule has 1 N–H and O–H groups in total. The van der Waals surface area contributed by atoms with E-state index in [9.17, 15) is 19.2 Å². The second-order valence-corrected chi connectivity index (χ2v) is 10.2. The summed E-state index contributed by atoms with van der Waals surface area (Å²) >= 11 is 33.6. The number of hydrogen-bond donors (Lipinski definition) is 1. The number of anilines is 1. The minimum absolute atomic E-state index is 0.191. The summed E-state index contributed by atoms with van der Waals surface area (Å²) in [4.78, 5) is 52.0. The number of ether oxygens (including phenoxy) is 1. The summed E-state index contributed by atoms with van der Waals surface area (Å²) in [5.74, 6) is -3.96. The number of rotatable bonds is 6. The third-order valence-electron chi connectivity index (χ3n) is 4.83. The van der Waals surface area contributed by atoms with Crippen LogP contribution in [0.15, 0.2) is 22.7 Å². The molecule has 0 fully saturated rings. The molecule has 0 aliphatic carbocycles.